The molecule has 94 valence electrons. The third-order valence-electron chi connectivity index (χ3n) is 2.48. The Hall–Kier alpha value is -1.58. The number of hydrogen-bond acceptors (Lipinski definition) is 3. The Balaban J connectivity index is 2.63. The first kappa shape index (κ1) is 13.5. The largest absolute Gasteiger partial charge is 0.388 e. The number of rotatable bonds is 5. The summed E-state index contributed by atoms with van der Waals surface area (Å²) in [4.78, 5) is 16.0. The van der Waals surface area contributed by atoms with Gasteiger partial charge in [0.1, 0.15) is 5.69 Å². The molecule has 0 aliphatic heterocycles. The van der Waals surface area contributed by atoms with Gasteiger partial charge in [-0.15, -0.1) is 0 Å². The highest BCUT2D eigenvalue weighted by Crippen LogP contribution is 2.08. The van der Waals surface area contributed by atoms with Crippen LogP contribution in [0, 0.1) is 5.92 Å². The fraction of sp³-hybridized carbons (Fsp3) is 0.538. The van der Waals surface area contributed by atoms with Gasteiger partial charge in [-0.05, 0) is 31.4 Å². The minimum atomic E-state index is -0.116. The molecule has 0 aromatic carbocycles. The van der Waals surface area contributed by atoms with Crippen molar-refractivity contribution in [1.82, 2.24) is 10.3 Å². The highest BCUT2D eigenvalue weighted by atomic mass is 16.1. The van der Waals surface area contributed by atoms with E-state index in [0.717, 1.165) is 12.1 Å². The summed E-state index contributed by atoms with van der Waals surface area (Å²) in [6.07, 6.45) is 2.60. The number of carbonyl (C=O) groups excluding carboxylic acids is 1. The number of pyridine rings is 1. The molecular formula is C13H21N3O. The van der Waals surface area contributed by atoms with Crippen molar-refractivity contribution in [3.05, 3.63) is 24.0 Å². The summed E-state index contributed by atoms with van der Waals surface area (Å²) in [5, 5.41) is 5.94. The van der Waals surface area contributed by atoms with Crippen molar-refractivity contribution in [1.29, 1.82) is 0 Å². The molecule has 1 atom stereocenters. The molecule has 1 amide bonds. The van der Waals surface area contributed by atoms with E-state index < -0.39 is 0 Å². The van der Waals surface area contributed by atoms with E-state index in [1.807, 2.05) is 20.0 Å². The van der Waals surface area contributed by atoms with Gasteiger partial charge in [-0.3, -0.25) is 9.78 Å². The zero-order valence-corrected chi connectivity index (χ0v) is 10.9. The molecule has 0 fully saturated rings. The monoisotopic (exact) mass is 235 g/mol. The van der Waals surface area contributed by atoms with Crippen molar-refractivity contribution < 1.29 is 4.79 Å². The minimum absolute atomic E-state index is 0.116. The van der Waals surface area contributed by atoms with E-state index in [1.165, 1.54) is 0 Å². The molecule has 0 aliphatic rings. The van der Waals surface area contributed by atoms with Crippen LogP contribution in [-0.4, -0.2) is 24.0 Å². The first-order valence-corrected chi connectivity index (χ1v) is 5.97. The van der Waals surface area contributed by atoms with Crippen LogP contribution < -0.4 is 10.6 Å². The molecule has 0 saturated carbocycles. The van der Waals surface area contributed by atoms with Crippen molar-refractivity contribution >= 4 is 11.6 Å². The minimum Gasteiger partial charge on any atom is -0.388 e. The summed E-state index contributed by atoms with van der Waals surface area (Å²) in [5.41, 5.74) is 1.34. The molecule has 1 unspecified atom stereocenters. The zero-order valence-electron chi connectivity index (χ0n) is 10.9. The molecule has 1 aromatic heterocycles. The Morgan fingerprint density at radius 1 is 1.41 bits per heavy atom. The molecule has 2 N–H and O–H groups in total. The molecule has 0 radical (unpaired) electrons. The number of carbonyl (C=O) groups is 1. The van der Waals surface area contributed by atoms with Crippen molar-refractivity contribution in [3.8, 4) is 0 Å². The summed E-state index contributed by atoms with van der Waals surface area (Å²) < 4.78 is 0. The van der Waals surface area contributed by atoms with E-state index in [2.05, 4.69) is 29.5 Å². The van der Waals surface area contributed by atoms with Crippen LogP contribution in [0.25, 0.3) is 0 Å². The summed E-state index contributed by atoms with van der Waals surface area (Å²) in [6, 6.07) is 3.74. The Morgan fingerprint density at radius 3 is 2.71 bits per heavy atom. The van der Waals surface area contributed by atoms with E-state index in [0.29, 0.717) is 11.6 Å². The van der Waals surface area contributed by atoms with E-state index in [1.54, 1.807) is 12.3 Å². The number of nitrogens with one attached hydrogen (secondary N) is 2. The molecule has 0 aliphatic carbocycles. The number of anilines is 1. The number of aromatic nitrogens is 1. The van der Waals surface area contributed by atoms with Gasteiger partial charge in [-0.25, -0.2) is 0 Å². The summed E-state index contributed by atoms with van der Waals surface area (Å²) in [5.74, 6) is 0.456. The fourth-order valence-electron chi connectivity index (χ4n) is 1.77. The molecular weight excluding hydrogens is 214 g/mol. The van der Waals surface area contributed by atoms with Gasteiger partial charge in [0.25, 0.3) is 5.91 Å². The molecule has 4 nitrogen and oxygen atoms in total. The van der Waals surface area contributed by atoms with E-state index >= 15 is 0 Å². The van der Waals surface area contributed by atoms with Gasteiger partial charge >= 0.3 is 0 Å². The second kappa shape index (κ2) is 6.23. The maximum atomic E-state index is 11.9. The highest BCUT2D eigenvalue weighted by Gasteiger charge is 2.12. The average Bonchev–Trinajstić information content (AvgIpc) is 2.27. The lowest BCUT2D eigenvalue weighted by atomic mass is 10.1. The number of hydrogen-bond donors (Lipinski definition) is 2. The summed E-state index contributed by atoms with van der Waals surface area (Å²) >= 11 is 0. The van der Waals surface area contributed by atoms with Crippen LogP contribution in [0.15, 0.2) is 18.3 Å². The average molecular weight is 235 g/mol. The molecule has 1 aromatic rings. The third-order valence-corrected chi connectivity index (χ3v) is 2.48. The maximum absolute atomic E-state index is 11.9. The lowest BCUT2D eigenvalue weighted by molar-refractivity contribution is 0.0931. The van der Waals surface area contributed by atoms with Crippen LogP contribution in [0.5, 0.6) is 0 Å². The Morgan fingerprint density at radius 2 is 2.12 bits per heavy atom. The molecule has 0 spiro atoms. The number of nitrogens with zero attached hydrogens (tertiary/aromatic N) is 1. The van der Waals surface area contributed by atoms with Crippen LogP contribution in [0.2, 0.25) is 0 Å². The van der Waals surface area contributed by atoms with Crippen molar-refractivity contribution in [2.45, 2.75) is 33.2 Å². The van der Waals surface area contributed by atoms with Gasteiger partial charge < -0.3 is 10.6 Å². The standard InChI is InChI=1S/C13H21N3O/c1-9(2)7-10(3)16-13(17)12-8-11(14-4)5-6-15-12/h5-6,8-10H,7H2,1-4H3,(H,14,15)(H,16,17). The lowest BCUT2D eigenvalue weighted by Crippen LogP contribution is -2.34. The molecule has 1 rings (SSSR count). The zero-order chi connectivity index (χ0) is 12.8. The lowest BCUT2D eigenvalue weighted by Gasteiger charge is -2.15. The third kappa shape index (κ3) is 4.43. The first-order valence-electron chi connectivity index (χ1n) is 5.97. The van der Waals surface area contributed by atoms with Crippen LogP contribution in [0.1, 0.15) is 37.7 Å². The van der Waals surface area contributed by atoms with Gasteiger partial charge in [0.05, 0.1) is 0 Å². The fourth-order valence-corrected chi connectivity index (χ4v) is 1.77. The molecule has 0 saturated heterocycles. The second-order valence-corrected chi connectivity index (χ2v) is 4.68. The van der Waals surface area contributed by atoms with Crippen LogP contribution in [0.3, 0.4) is 0 Å². The summed E-state index contributed by atoms with van der Waals surface area (Å²) in [6.45, 7) is 6.30. The smallest absolute Gasteiger partial charge is 0.270 e. The van der Waals surface area contributed by atoms with Crippen molar-refractivity contribution in [2.24, 2.45) is 5.92 Å². The Bertz CT molecular complexity index is 377. The van der Waals surface area contributed by atoms with Gasteiger partial charge in [0.15, 0.2) is 0 Å². The molecule has 0 bridgehead atoms. The second-order valence-electron chi connectivity index (χ2n) is 4.68. The Labute approximate surface area is 103 Å². The van der Waals surface area contributed by atoms with Crippen LogP contribution in [-0.2, 0) is 0 Å². The maximum Gasteiger partial charge on any atom is 0.270 e. The van der Waals surface area contributed by atoms with Crippen molar-refractivity contribution in [2.75, 3.05) is 12.4 Å². The van der Waals surface area contributed by atoms with E-state index in [9.17, 15) is 4.79 Å². The normalized spacial score (nSPS) is 12.3. The van der Waals surface area contributed by atoms with Crippen molar-refractivity contribution in [3.63, 3.8) is 0 Å². The first-order chi connectivity index (χ1) is 8.02. The molecule has 17 heavy (non-hydrogen) atoms. The van der Waals surface area contributed by atoms with Gasteiger partial charge in [-0.1, -0.05) is 13.8 Å². The molecule has 4 heteroatoms. The van der Waals surface area contributed by atoms with Gasteiger partial charge in [0, 0.05) is 25.0 Å². The SMILES string of the molecule is CNc1ccnc(C(=O)NC(C)CC(C)C)c1. The summed E-state index contributed by atoms with van der Waals surface area (Å²) in [7, 11) is 1.82. The predicted octanol–water partition coefficient (Wildman–Crippen LogP) is 2.29. The van der Waals surface area contributed by atoms with Gasteiger partial charge in [0.2, 0.25) is 0 Å². The number of amides is 1. The topological polar surface area (TPSA) is 54.0 Å². The molecule has 1 heterocycles. The quantitative estimate of drug-likeness (QED) is 0.823. The van der Waals surface area contributed by atoms with Crippen LogP contribution >= 0.6 is 0 Å². The highest BCUT2D eigenvalue weighted by molar-refractivity contribution is 5.93. The van der Waals surface area contributed by atoms with Crippen LogP contribution in [0.4, 0.5) is 5.69 Å². The van der Waals surface area contributed by atoms with Gasteiger partial charge in [-0.2, -0.15) is 0 Å². The Kier molecular flexibility index (Phi) is 4.94. The predicted molar refractivity (Wildman–Crippen MR) is 70.2 cm³/mol. The van der Waals surface area contributed by atoms with E-state index in [-0.39, 0.29) is 11.9 Å². The van der Waals surface area contributed by atoms with E-state index in [4.69, 9.17) is 0 Å².